The van der Waals surface area contributed by atoms with Crippen molar-refractivity contribution in [3.63, 3.8) is 0 Å². The van der Waals surface area contributed by atoms with E-state index in [1.165, 1.54) is 12.3 Å². The summed E-state index contributed by atoms with van der Waals surface area (Å²) in [5.41, 5.74) is 5.99. The summed E-state index contributed by atoms with van der Waals surface area (Å²) in [5, 5.41) is 19.8. The average Bonchev–Trinajstić information content (AvgIpc) is 3.44. The van der Waals surface area contributed by atoms with Crippen molar-refractivity contribution >= 4 is 16.9 Å². The maximum atomic E-state index is 15.2. The van der Waals surface area contributed by atoms with Crippen LogP contribution in [0.15, 0.2) is 53.1 Å². The number of halogens is 1. The van der Waals surface area contributed by atoms with E-state index in [2.05, 4.69) is 0 Å². The number of hydrogen-bond donors (Lipinski definition) is 2. The molecule has 204 valence electrons. The van der Waals surface area contributed by atoms with Crippen LogP contribution in [0, 0.1) is 19.7 Å². The molecule has 0 fully saturated rings. The number of aliphatic hydroxyl groups is 1. The highest BCUT2D eigenvalue weighted by Gasteiger charge is 2.31. The number of benzene rings is 3. The van der Waals surface area contributed by atoms with Gasteiger partial charge in [-0.15, -0.1) is 0 Å². The number of fused-ring (bicyclic) bond motifs is 2. The first-order valence-corrected chi connectivity index (χ1v) is 13.2. The second kappa shape index (κ2) is 10.4. The zero-order valence-corrected chi connectivity index (χ0v) is 22.6. The van der Waals surface area contributed by atoms with Gasteiger partial charge in [-0.25, -0.2) is 4.39 Å². The zero-order valence-electron chi connectivity index (χ0n) is 22.6. The summed E-state index contributed by atoms with van der Waals surface area (Å²) in [4.78, 5) is 11.1. The van der Waals surface area contributed by atoms with E-state index in [1.54, 1.807) is 32.0 Å². The van der Waals surface area contributed by atoms with Crippen LogP contribution in [0.4, 0.5) is 4.39 Å². The average molecular weight is 533 g/mol. The Morgan fingerprint density at radius 3 is 2.54 bits per heavy atom. The molecule has 1 aliphatic rings. The van der Waals surface area contributed by atoms with Crippen LogP contribution >= 0.6 is 0 Å². The van der Waals surface area contributed by atoms with Crippen LogP contribution in [-0.4, -0.2) is 28.4 Å². The Morgan fingerprint density at radius 1 is 1.10 bits per heavy atom. The van der Waals surface area contributed by atoms with E-state index in [0.717, 1.165) is 39.0 Å². The van der Waals surface area contributed by atoms with Gasteiger partial charge in [0.05, 0.1) is 24.9 Å². The second-order valence-corrected chi connectivity index (χ2v) is 11.0. The van der Waals surface area contributed by atoms with Gasteiger partial charge >= 0.3 is 5.97 Å². The van der Waals surface area contributed by atoms with Crippen molar-refractivity contribution in [1.82, 2.24) is 0 Å². The number of aryl methyl sites for hydroxylation is 2. The summed E-state index contributed by atoms with van der Waals surface area (Å²) in [6.07, 6.45) is 2.73. The molecule has 1 heterocycles. The van der Waals surface area contributed by atoms with Crippen molar-refractivity contribution < 1.29 is 33.3 Å². The van der Waals surface area contributed by atoms with E-state index in [4.69, 9.17) is 19.0 Å². The van der Waals surface area contributed by atoms with E-state index >= 15 is 4.39 Å². The third-order valence-electron chi connectivity index (χ3n) is 7.29. The Bertz CT molecular complexity index is 1520. The molecule has 0 aliphatic heterocycles. The van der Waals surface area contributed by atoms with E-state index in [-0.39, 0.29) is 12.2 Å². The first kappa shape index (κ1) is 26.8. The summed E-state index contributed by atoms with van der Waals surface area (Å²) in [6, 6.07) is 12.6. The minimum absolute atomic E-state index is 0.121. The van der Waals surface area contributed by atoms with Crippen LogP contribution in [-0.2, 0) is 17.6 Å². The molecule has 6 nitrogen and oxygen atoms in total. The molecule has 3 aromatic carbocycles. The van der Waals surface area contributed by atoms with Crippen LogP contribution < -0.4 is 9.47 Å². The number of carboxylic acid groups (broad SMARTS) is 1. The molecule has 39 heavy (non-hydrogen) atoms. The van der Waals surface area contributed by atoms with Gasteiger partial charge < -0.3 is 24.1 Å². The van der Waals surface area contributed by atoms with Gasteiger partial charge in [0.25, 0.3) is 0 Å². The normalized spacial score (nSPS) is 15.0. The van der Waals surface area contributed by atoms with Gasteiger partial charge in [-0.3, -0.25) is 4.79 Å². The van der Waals surface area contributed by atoms with Crippen LogP contribution in [0.1, 0.15) is 60.6 Å². The van der Waals surface area contributed by atoms with Gasteiger partial charge in [0.15, 0.2) is 0 Å². The Labute approximate surface area is 227 Å². The fourth-order valence-corrected chi connectivity index (χ4v) is 5.48. The van der Waals surface area contributed by atoms with E-state index in [9.17, 15) is 9.90 Å². The molecule has 7 heteroatoms. The van der Waals surface area contributed by atoms with E-state index < -0.39 is 17.7 Å². The second-order valence-electron chi connectivity index (χ2n) is 11.0. The van der Waals surface area contributed by atoms with Crippen LogP contribution in [0.25, 0.3) is 22.1 Å². The van der Waals surface area contributed by atoms with Crippen molar-refractivity contribution in [1.29, 1.82) is 0 Å². The summed E-state index contributed by atoms with van der Waals surface area (Å²) in [5.74, 6) is 0.0743. The molecule has 0 radical (unpaired) electrons. The molecule has 0 bridgehead atoms. The first-order valence-electron chi connectivity index (χ1n) is 13.2. The lowest BCUT2D eigenvalue weighted by Gasteiger charge is -2.20. The zero-order chi connectivity index (χ0) is 27.9. The molecule has 5 rings (SSSR count). The third-order valence-corrected chi connectivity index (χ3v) is 7.29. The van der Waals surface area contributed by atoms with Crippen LogP contribution in [0.3, 0.4) is 0 Å². The van der Waals surface area contributed by atoms with Gasteiger partial charge in [-0.2, -0.15) is 0 Å². The van der Waals surface area contributed by atoms with E-state index in [1.807, 2.05) is 32.0 Å². The van der Waals surface area contributed by atoms with Gasteiger partial charge in [-0.05, 0) is 98.7 Å². The van der Waals surface area contributed by atoms with Crippen molar-refractivity contribution in [3.8, 4) is 22.6 Å². The number of furan rings is 1. The van der Waals surface area contributed by atoms with Crippen molar-refractivity contribution in [2.45, 2.75) is 65.1 Å². The molecular formula is C32H33FO6. The lowest BCUT2D eigenvalue weighted by molar-refractivity contribution is -0.136. The fraction of sp³-hybridized carbons (Fsp3) is 0.344. The summed E-state index contributed by atoms with van der Waals surface area (Å²) in [6.45, 7) is 7.99. The molecule has 0 saturated heterocycles. The molecule has 1 unspecified atom stereocenters. The van der Waals surface area contributed by atoms with E-state index in [0.29, 0.717) is 48.3 Å². The molecule has 0 amide bonds. The highest BCUT2D eigenvalue weighted by molar-refractivity contribution is 5.86. The van der Waals surface area contributed by atoms with Crippen molar-refractivity contribution in [2.24, 2.45) is 0 Å². The van der Waals surface area contributed by atoms with Gasteiger partial charge in [-0.1, -0.05) is 6.07 Å². The predicted octanol–water partition coefficient (Wildman–Crippen LogP) is 7.09. The Kier molecular flexibility index (Phi) is 7.12. The molecule has 4 aromatic rings. The highest BCUT2D eigenvalue weighted by atomic mass is 19.1. The molecule has 1 atom stereocenters. The summed E-state index contributed by atoms with van der Waals surface area (Å²) in [7, 11) is 0. The van der Waals surface area contributed by atoms with Crippen LogP contribution in [0.5, 0.6) is 11.5 Å². The van der Waals surface area contributed by atoms with Crippen LogP contribution in [0.2, 0.25) is 0 Å². The minimum atomic E-state index is -0.926. The Hall–Kier alpha value is -3.84. The lowest BCUT2D eigenvalue weighted by Crippen LogP contribution is -2.21. The number of carboxylic acids is 1. The maximum absolute atomic E-state index is 15.2. The highest BCUT2D eigenvalue weighted by Crippen LogP contribution is 2.44. The SMILES string of the molecule is Cc1cc(OCCC(C)(C)O)cc(C)c1-c1ccc(F)c2c1CCC2Oc1ccc2c(CC(=O)O)coc2c1. The predicted molar refractivity (Wildman–Crippen MR) is 147 cm³/mol. The van der Waals surface area contributed by atoms with Crippen molar-refractivity contribution in [3.05, 3.63) is 82.4 Å². The largest absolute Gasteiger partial charge is 0.493 e. The fourth-order valence-electron chi connectivity index (χ4n) is 5.48. The summed E-state index contributed by atoms with van der Waals surface area (Å²) < 4.78 is 33.0. The number of hydrogen-bond acceptors (Lipinski definition) is 5. The third kappa shape index (κ3) is 5.64. The smallest absolute Gasteiger partial charge is 0.307 e. The lowest BCUT2D eigenvalue weighted by atomic mass is 9.90. The molecule has 0 spiro atoms. The molecular weight excluding hydrogens is 499 g/mol. The standard InChI is InChI=1S/C32H33FO6/c1-18-13-22(37-12-11-32(3,4)36)14-19(2)30(18)24-7-9-26(33)31-25(24)8-10-27(31)39-21-5-6-23-20(15-29(34)35)17-38-28(23)16-21/h5-7,9,13-14,16-17,27,36H,8,10-12,15H2,1-4H3,(H,34,35). The van der Waals surface area contributed by atoms with Crippen molar-refractivity contribution in [2.75, 3.05) is 6.61 Å². The summed E-state index contributed by atoms with van der Waals surface area (Å²) >= 11 is 0. The number of rotatable bonds is 9. The number of ether oxygens (including phenoxy) is 2. The van der Waals surface area contributed by atoms with Gasteiger partial charge in [0.1, 0.15) is 29.0 Å². The van der Waals surface area contributed by atoms with Gasteiger partial charge in [0, 0.05) is 29.0 Å². The first-order chi connectivity index (χ1) is 18.5. The Balaban J connectivity index is 1.41. The molecule has 1 aromatic heterocycles. The molecule has 0 saturated carbocycles. The quantitative estimate of drug-likeness (QED) is 0.239. The Morgan fingerprint density at radius 2 is 1.85 bits per heavy atom. The topological polar surface area (TPSA) is 89.1 Å². The van der Waals surface area contributed by atoms with Gasteiger partial charge in [0.2, 0.25) is 0 Å². The molecule has 1 aliphatic carbocycles. The minimum Gasteiger partial charge on any atom is -0.493 e. The number of aliphatic carboxylic acids is 1. The number of carbonyl (C=O) groups is 1. The molecule has 2 N–H and O–H groups in total. The monoisotopic (exact) mass is 532 g/mol. The maximum Gasteiger partial charge on any atom is 0.307 e.